The van der Waals surface area contributed by atoms with Gasteiger partial charge in [0, 0.05) is 10.6 Å². The van der Waals surface area contributed by atoms with Crippen LogP contribution in [0.2, 0.25) is 5.02 Å². The molecule has 1 unspecified atom stereocenters. The van der Waals surface area contributed by atoms with E-state index < -0.39 is 6.04 Å². The Kier molecular flexibility index (Phi) is 5.88. The van der Waals surface area contributed by atoms with Crippen LogP contribution in [-0.4, -0.2) is 11.8 Å². The second-order valence-corrected chi connectivity index (χ2v) is 4.08. The van der Waals surface area contributed by atoms with Crippen molar-refractivity contribution in [3.63, 3.8) is 0 Å². The van der Waals surface area contributed by atoms with E-state index in [1.165, 1.54) is 0 Å². The third kappa shape index (κ3) is 3.82. The lowest BCUT2D eigenvalue weighted by molar-refractivity contribution is 0.0940. The average Bonchev–Trinajstić information content (AvgIpc) is 2.16. The number of nitrogens with two attached hydrogens (primary N) is 1. The zero-order valence-corrected chi connectivity index (χ0v) is 10.3. The first-order valence-corrected chi connectivity index (χ1v) is 4.95. The average molecular weight is 248 g/mol. The highest BCUT2D eigenvalue weighted by atomic mass is 35.5. The molecule has 1 atom stereocenters. The second-order valence-electron chi connectivity index (χ2n) is 3.64. The molecule has 1 aromatic rings. The Labute approximate surface area is 101 Å². The minimum Gasteiger partial charge on any atom is -0.321 e. The Bertz CT molecular complexity index is 322. The summed E-state index contributed by atoms with van der Waals surface area (Å²) in [6.45, 7) is 3.86. The molecule has 1 rings (SSSR count). The van der Waals surface area contributed by atoms with Crippen molar-refractivity contribution in [1.82, 2.24) is 0 Å². The standard InChI is InChI=1S/C11H14ClNO.ClH/c1-7(2)10(13)11(14)8-3-5-9(12)6-4-8;/h3-7,10H,13H2,1-2H3;1H. The van der Waals surface area contributed by atoms with Gasteiger partial charge in [-0.1, -0.05) is 25.4 Å². The van der Waals surface area contributed by atoms with Crippen molar-refractivity contribution >= 4 is 29.8 Å². The van der Waals surface area contributed by atoms with Crippen LogP contribution < -0.4 is 5.73 Å². The lowest BCUT2D eigenvalue weighted by Gasteiger charge is -2.13. The van der Waals surface area contributed by atoms with Crippen LogP contribution in [0.25, 0.3) is 0 Å². The van der Waals surface area contributed by atoms with Gasteiger partial charge < -0.3 is 5.73 Å². The smallest absolute Gasteiger partial charge is 0.179 e. The molecule has 0 aliphatic heterocycles. The van der Waals surface area contributed by atoms with Crippen LogP contribution in [0.1, 0.15) is 24.2 Å². The number of hydrogen-bond donors (Lipinski definition) is 1. The van der Waals surface area contributed by atoms with Crippen LogP contribution in [0.5, 0.6) is 0 Å². The number of benzene rings is 1. The Hall–Kier alpha value is -0.570. The van der Waals surface area contributed by atoms with E-state index in [9.17, 15) is 4.79 Å². The Morgan fingerprint density at radius 3 is 2.13 bits per heavy atom. The number of ketones is 1. The van der Waals surface area contributed by atoms with E-state index in [1.54, 1.807) is 24.3 Å². The molecule has 0 aliphatic carbocycles. The van der Waals surface area contributed by atoms with Gasteiger partial charge in [-0.25, -0.2) is 0 Å². The van der Waals surface area contributed by atoms with E-state index in [2.05, 4.69) is 0 Å². The summed E-state index contributed by atoms with van der Waals surface area (Å²) in [5.74, 6) is 0.120. The number of carbonyl (C=O) groups excluding carboxylic acids is 1. The lowest BCUT2D eigenvalue weighted by atomic mass is 9.96. The van der Waals surface area contributed by atoms with Crippen LogP contribution in [-0.2, 0) is 0 Å². The minimum atomic E-state index is -0.434. The van der Waals surface area contributed by atoms with E-state index >= 15 is 0 Å². The summed E-state index contributed by atoms with van der Waals surface area (Å²) in [6.07, 6.45) is 0. The molecule has 0 saturated heterocycles. The van der Waals surface area contributed by atoms with Crippen LogP contribution in [0.4, 0.5) is 0 Å². The molecule has 0 aliphatic rings. The van der Waals surface area contributed by atoms with Gasteiger partial charge in [-0.15, -0.1) is 12.4 Å². The van der Waals surface area contributed by atoms with E-state index in [0.29, 0.717) is 10.6 Å². The predicted octanol–water partition coefficient (Wildman–Crippen LogP) is 2.93. The summed E-state index contributed by atoms with van der Waals surface area (Å²) >= 11 is 5.72. The first-order chi connectivity index (χ1) is 6.52. The molecular weight excluding hydrogens is 233 g/mol. The molecule has 0 spiro atoms. The fourth-order valence-electron chi connectivity index (χ4n) is 1.11. The van der Waals surface area contributed by atoms with Crippen molar-refractivity contribution < 1.29 is 4.79 Å². The van der Waals surface area contributed by atoms with Crippen LogP contribution in [0.15, 0.2) is 24.3 Å². The molecule has 0 saturated carbocycles. The number of rotatable bonds is 3. The predicted molar refractivity (Wildman–Crippen MR) is 65.8 cm³/mol. The van der Waals surface area contributed by atoms with Gasteiger partial charge >= 0.3 is 0 Å². The number of hydrogen-bond acceptors (Lipinski definition) is 2. The van der Waals surface area contributed by atoms with Gasteiger partial charge in [0.05, 0.1) is 6.04 Å². The SMILES string of the molecule is CC(C)C(N)C(=O)c1ccc(Cl)cc1.Cl. The zero-order valence-electron chi connectivity index (χ0n) is 8.74. The van der Waals surface area contributed by atoms with Crippen molar-refractivity contribution in [3.05, 3.63) is 34.9 Å². The van der Waals surface area contributed by atoms with Gasteiger partial charge in [0.1, 0.15) is 0 Å². The molecule has 0 fully saturated rings. The highest BCUT2D eigenvalue weighted by Gasteiger charge is 2.18. The summed E-state index contributed by atoms with van der Waals surface area (Å²) in [4.78, 5) is 11.7. The first-order valence-electron chi connectivity index (χ1n) is 4.57. The Balaban J connectivity index is 0.00000196. The van der Waals surface area contributed by atoms with Gasteiger partial charge in [-0.3, -0.25) is 4.79 Å². The lowest BCUT2D eigenvalue weighted by Crippen LogP contribution is -2.35. The minimum absolute atomic E-state index is 0. The summed E-state index contributed by atoms with van der Waals surface area (Å²) in [7, 11) is 0. The number of Topliss-reactive ketones (excluding diaryl/α,β-unsaturated/α-hetero) is 1. The van der Waals surface area contributed by atoms with Crippen LogP contribution in [0, 0.1) is 5.92 Å². The maximum atomic E-state index is 11.7. The Morgan fingerprint density at radius 2 is 1.73 bits per heavy atom. The van der Waals surface area contributed by atoms with E-state index in [4.69, 9.17) is 17.3 Å². The summed E-state index contributed by atoms with van der Waals surface area (Å²) in [5, 5.41) is 0.625. The maximum absolute atomic E-state index is 11.7. The van der Waals surface area contributed by atoms with E-state index in [-0.39, 0.29) is 24.1 Å². The van der Waals surface area contributed by atoms with E-state index in [0.717, 1.165) is 0 Å². The van der Waals surface area contributed by atoms with Crippen molar-refractivity contribution in [2.24, 2.45) is 11.7 Å². The van der Waals surface area contributed by atoms with Crippen LogP contribution >= 0.6 is 24.0 Å². The third-order valence-corrected chi connectivity index (χ3v) is 2.40. The topological polar surface area (TPSA) is 43.1 Å². The van der Waals surface area contributed by atoms with E-state index in [1.807, 2.05) is 13.8 Å². The number of halogens is 2. The van der Waals surface area contributed by atoms with Crippen molar-refractivity contribution in [2.45, 2.75) is 19.9 Å². The van der Waals surface area contributed by atoms with Gasteiger partial charge in [0.15, 0.2) is 5.78 Å². The fraction of sp³-hybridized carbons (Fsp3) is 0.364. The summed E-state index contributed by atoms with van der Waals surface area (Å²) < 4.78 is 0. The highest BCUT2D eigenvalue weighted by Crippen LogP contribution is 2.12. The van der Waals surface area contributed by atoms with Gasteiger partial charge in [0.25, 0.3) is 0 Å². The van der Waals surface area contributed by atoms with Crippen molar-refractivity contribution in [3.8, 4) is 0 Å². The van der Waals surface area contributed by atoms with Gasteiger partial charge in [0.2, 0.25) is 0 Å². The molecule has 0 aromatic heterocycles. The molecular formula is C11H15Cl2NO. The molecule has 2 nitrogen and oxygen atoms in total. The molecule has 4 heteroatoms. The highest BCUT2D eigenvalue weighted by molar-refractivity contribution is 6.30. The van der Waals surface area contributed by atoms with Crippen molar-refractivity contribution in [1.29, 1.82) is 0 Å². The number of carbonyl (C=O) groups is 1. The quantitative estimate of drug-likeness (QED) is 0.835. The first kappa shape index (κ1) is 14.4. The molecule has 0 radical (unpaired) electrons. The molecule has 0 heterocycles. The fourth-order valence-corrected chi connectivity index (χ4v) is 1.24. The summed E-state index contributed by atoms with van der Waals surface area (Å²) in [6, 6.07) is 6.36. The molecule has 2 N–H and O–H groups in total. The molecule has 0 amide bonds. The maximum Gasteiger partial charge on any atom is 0.179 e. The molecule has 84 valence electrons. The molecule has 1 aromatic carbocycles. The van der Waals surface area contributed by atoms with Crippen LogP contribution in [0.3, 0.4) is 0 Å². The third-order valence-electron chi connectivity index (χ3n) is 2.15. The normalized spacial score (nSPS) is 12.1. The van der Waals surface area contributed by atoms with Gasteiger partial charge in [-0.05, 0) is 30.2 Å². The largest absolute Gasteiger partial charge is 0.321 e. The zero-order chi connectivity index (χ0) is 10.7. The Morgan fingerprint density at radius 1 is 1.27 bits per heavy atom. The monoisotopic (exact) mass is 247 g/mol. The molecule has 0 bridgehead atoms. The molecule has 15 heavy (non-hydrogen) atoms. The second kappa shape index (κ2) is 6.11. The summed E-state index contributed by atoms with van der Waals surface area (Å²) in [5.41, 5.74) is 6.37. The van der Waals surface area contributed by atoms with Gasteiger partial charge in [-0.2, -0.15) is 0 Å². The van der Waals surface area contributed by atoms with Crippen molar-refractivity contribution in [2.75, 3.05) is 0 Å².